The molecule has 0 aliphatic rings. The Labute approximate surface area is 240 Å². The van der Waals surface area contributed by atoms with Gasteiger partial charge in [-0.25, -0.2) is 4.79 Å². The molecule has 0 aliphatic heterocycles. The lowest BCUT2D eigenvalue weighted by Gasteiger charge is -2.15. The maximum Gasteiger partial charge on any atom is 0.383 e. The van der Waals surface area contributed by atoms with Crippen molar-refractivity contribution in [3.05, 3.63) is 87.4 Å². The molecule has 0 unspecified atom stereocenters. The molecule has 0 N–H and O–H groups in total. The van der Waals surface area contributed by atoms with Crippen LogP contribution in [-0.2, 0) is 0 Å². The largest absolute Gasteiger partial charge is 0.489 e. The first-order valence-electron chi connectivity index (χ1n) is 14.4. The van der Waals surface area contributed by atoms with Gasteiger partial charge in [0.25, 0.3) is 0 Å². The van der Waals surface area contributed by atoms with Gasteiger partial charge in [0.05, 0.1) is 6.61 Å². The minimum absolute atomic E-state index is 0.0739. The Morgan fingerprint density at radius 1 is 0.750 bits per heavy atom. The van der Waals surface area contributed by atoms with Crippen LogP contribution >= 0.6 is 0 Å². The van der Waals surface area contributed by atoms with Crippen molar-refractivity contribution < 1.29 is 18.6 Å². The zero-order chi connectivity index (χ0) is 29.3. The SMILES string of the molecule is CCC=CCCOc1c(OC/C=C(\C)CCC=C(C)C)c(=O)oc2cccc(OC/C=C(\C)CCC=C(C)C)c12. The Morgan fingerprint density at radius 2 is 1.38 bits per heavy atom. The highest BCUT2D eigenvalue weighted by Gasteiger charge is 2.21. The van der Waals surface area contributed by atoms with Crippen molar-refractivity contribution in [1.29, 1.82) is 0 Å². The summed E-state index contributed by atoms with van der Waals surface area (Å²) in [6.45, 7) is 15.8. The molecule has 0 radical (unpaired) electrons. The molecule has 0 aliphatic carbocycles. The summed E-state index contributed by atoms with van der Waals surface area (Å²) in [5.74, 6) is 1.03. The van der Waals surface area contributed by atoms with Crippen LogP contribution in [-0.4, -0.2) is 19.8 Å². The first-order chi connectivity index (χ1) is 19.2. The molecule has 218 valence electrons. The summed E-state index contributed by atoms with van der Waals surface area (Å²) < 4.78 is 24.1. The lowest BCUT2D eigenvalue weighted by atomic mass is 10.1. The van der Waals surface area contributed by atoms with Crippen molar-refractivity contribution in [2.45, 2.75) is 87.0 Å². The van der Waals surface area contributed by atoms with Crippen LogP contribution in [0.1, 0.15) is 87.0 Å². The summed E-state index contributed by atoms with van der Waals surface area (Å²) >= 11 is 0. The Kier molecular flexibility index (Phi) is 14.7. The van der Waals surface area contributed by atoms with Crippen LogP contribution in [0.25, 0.3) is 11.0 Å². The zero-order valence-electron chi connectivity index (χ0n) is 25.6. The van der Waals surface area contributed by atoms with E-state index in [1.165, 1.54) is 22.3 Å². The van der Waals surface area contributed by atoms with Gasteiger partial charge in [-0.1, -0.05) is 59.6 Å². The third kappa shape index (κ3) is 11.7. The Bertz CT molecular complexity index is 1280. The van der Waals surface area contributed by atoms with Gasteiger partial charge in [0.1, 0.15) is 29.9 Å². The second-order valence-corrected chi connectivity index (χ2v) is 10.6. The maximum atomic E-state index is 13.0. The topological polar surface area (TPSA) is 57.9 Å². The fourth-order valence-corrected chi connectivity index (χ4v) is 3.99. The summed E-state index contributed by atoms with van der Waals surface area (Å²) in [5, 5.41) is 0.608. The number of rotatable bonds is 17. The average molecular weight is 549 g/mol. The Balaban J connectivity index is 2.34. The fraction of sp³-hybridized carbons (Fsp3) is 0.457. The summed E-state index contributed by atoms with van der Waals surface area (Å²) in [5.41, 5.74) is 4.94. The molecule has 0 spiro atoms. The monoisotopic (exact) mass is 548 g/mol. The van der Waals surface area contributed by atoms with E-state index >= 15 is 0 Å². The second kappa shape index (κ2) is 18.0. The number of hydrogen-bond acceptors (Lipinski definition) is 5. The number of fused-ring (bicyclic) bond motifs is 1. The Morgan fingerprint density at radius 3 is 1.98 bits per heavy atom. The van der Waals surface area contributed by atoms with E-state index in [9.17, 15) is 4.79 Å². The van der Waals surface area contributed by atoms with Crippen LogP contribution in [0, 0.1) is 0 Å². The van der Waals surface area contributed by atoms with E-state index in [0.29, 0.717) is 35.7 Å². The Hall–Kier alpha value is -3.47. The van der Waals surface area contributed by atoms with Gasteiger partial charge in [-0.15, -0.1) is 0 Å². The minimum Gasteiger partial charge on any atom is -0.489 e. The van der Waals surface area contributed by atoms with Crippen LogP contribution < -0.4 is 19.8 Å². The number of ether oxygens (including phenoxy) is 3. The van der Waals surface area contributed by atoms with Crippen LogP contribution in [0.3, 0.4) is 0 Å². The smallest absolute Gasteiger partial charge is 0.383 e. The van der Waals surface area contributed by atoms with Gasteiger partial charge in [-0.3, -0.25) is 0 Å². The first kappa shape index (κ1) is 32.7. The van der Waals surface area contributed by atoms with Crippen molar-refractivity contribution in [3.8, 4) is 17.2 Å². The van der Waals surface area contributed by atoms with Crippen LogP contribution in [0.5, 0.6) is 17.2 Å². The molecule has 1 heterocycles. The molecular weight excluding hydrogens is 500 g/mol. The molecule has 0 atom stereocenters. The number of hydrogen-bond donors (Lipinski definition) is 0. The summed E-state index contributed by atoms with van der Waals surface area (Å²) in [4.78, 5) is 13.0. The van der Waals surface area contributed by atoms with E-state index in [-0.39, 0.29) is 12.4 Å². The average Bonchev–Trinajstić information content (AvgIpc) is 2.89. The predicted molar refractivity (Wildman–Crippen MR) is 168 cm³/mol. The van der Waals surface area contributed by atoms with Crippen molar-refractivity contribution in [1.82, 2.24) is 0 Å². The van der Waals surface area contributed by atoms with Gasteiger partial charge in [-0.2, -0.15) is 0 Å². The van der Waals surface area contributed by atoms with Gasteiger partial charge in [0.15, 0.2) is 5.75 Å². The fourth-order valence-electron chi connectivity index (χ4n) is 3.99. The van der Waals surface area contributed by atoms with Crippen LogP contribution in [0.15, 0.2) is 86.2 Å². The van der Waals surface area contributed by atoms with E-state index in [0.717, 1.165) is 38.5 Å². The molecular formula is C35H48O5. The molecule has 2 rings (SSSR count). The van der Waals surface area contributed by atoms with Crippen molar-refractivity contribution in [3.63, 3.8) is 0 Å². The van der Waals surface area contributed by atoms with Gasteiger partial charge >= 0.3 is 5.63 Å². The minimum atomic E-state index is -0.561. The van der Waals surface area contributed by atoms with Crippen molar-refractivity contribution in [2.75, 3.05) is 19.8 Å². The molecule has 1 aromatic carbocycles. The number of benzene rings is 1. The molecule has 2 aromatic rings. The van der Waals surface area contributed by atoms with Gasteiger partial charge in [0, 0.05) is 0 Å². The predicted octanol–water partition coefficient (Wildman–Crippen LogP) is 9.67. The highest BCUT2D eigenvalue weighted by Crippen LogP contribution is 2.39. The zero-order valence-corrected chi connectivity index (χ0v) is 25.6. The van der Waals surface area contributed by atoms with Crippen molar-refractivity contribution >= 4 is 11.0 Å². The molecule has 0 saturated carbocycles. The van der Waals surface area contributed by atoms with E-state index in [4.69, 9.17) is 18.6 Å². The highest BCUT2D eigenvalue weighted by molar-refractivity contribution is 5.91. The molecule has 0 fully saturated rings. The lowest BCUT2D eigenvalue weighted by molar-refractivity contribution is 0.278. The molecule has 5 nitrogen and oxygen atoms in total. The molecule has 40 heavy (non-hydrogen) atoms. The molecule has 0 saturated heterocycles. The lowest BCUT2D eigenvalue weighted by Crippen LogP contribution is -2.11. The van der Waals surface area contributed by atoms with E-state index in [2.05, 4.69) is 78.8 Å². The standard InChI is InChI=1S/C35H48O5/c1-8-9-10-11-23-38-33-32-30(37-24-21-28(6)17-12-15-26(2)3)19-14-20-31(32)40-35(36)34(33)39-25-22-29(7)18-13-16-27(4)5/h9-10,14-16,19-22H,8,11-13,17-18,23-25H2,1-7H3/b10-9?,28-21+,29-22+. The van der Waals surface area contributed by atoms with Gasteiger partial charge < -0.3 is 18.6 Å². The molecule has 1 aromatic heterocycles. The third-order valence-corrected chi connectivity index (χ3v) is 6.26. The van der Waals surface area contributed by atoms with Crippen LogP contribution in [0.2, 0.25) is 0 Å². The maximum absolute atomic E-state index is 13.0. The van der Waals surface area contributed by atoms with Crippen LogP contribution in [0.4, 0.5) is 0 Å². The molecule has 5 heteroatoms. The van der Waals surface area contributed by atoms with Gasteiger partial charge in [-0.05, 0) is 104 Å². The third-order valence-electron chi connectivity index (χ3n) is 6.26. The molecule has 0 amide bonds. The summed E-state index contributed by atoms with van der Waals surface area (Å²) in [7, 11) is 0. The molecule has 0 bridgehead atoms. The summed E-state index contributed by atoms with van der Waals surface area (Å²) in [6, 6.07) is 5.44. The highest BCUT2D eigenvalue weighted by atomic mass is 16.5. The van der Waals surface area contributed by atoms with E-state index < -0.39 is 5.63 Å². The second-order valence-electron chi connectivity index (χ2n) is 10.6. The van der Waals surface area contributed by atoms with E-state index in [1.54, 1.807) is 6.07 Å². The number of allylic oxidation sites excluding steroid dienone is 7. The first-order valence-corrected chi connectivity index (χ1v) is 14.4. The van der Waals surface area contributed by atoms with E-state index in [1.807, 2.05) is 18.2 Å². The summed E-state index contributed by atoms with van der Waals surface area (Å²) in [6.07, 6.45) is 18.3. The van der Waals surface area contributed by atoms with Crippen molar-refractivity contribution in [2.24, 2.45) is 0 Å². The van der Waals surface area contributed by atoms with Gasteiger partial charge in [0.2, 0.25) is 5.75 Å². The quantitative estimate of drug-likeness (QED) is 0.112. The normalized spacial score (nSPS) is 12.1.